The minimum atomic E-state index is -0.378. The minimum absolute atomic E-state index is 0.218. The molecule has 5 nitrogen and oxygen atoms in total. The van der Waals surface area contributed by atoms with Gasteiger partial charge in [-0.3, -0.25) is 0 Å². The van der Waals surface area contributed by atoms with Gasteiger partial charge in [0.1, 0.15) is 12.4 Å². The smallest absolute Gasteiger partial charge is 0.339 e. The highest BCUT2D eigenvalue weighted by molar-refractivity contribution is 6.17. The topological polar surface area (TPSA) is 61.8 Å². The van der Waals surface area contributed by atoms with Gasteiger partial charge in [0.15, 0.2) is 0 Å². The van der Waals surface area contributed by atoms with Crippen molar-refractivity contribution in [3.8, 4) is 5.75 Å². The largest absolute Gasteiger partial charge is 0.497 e. The molecule has 0 fully saturated rings. The van der Waals surface area contributed by atoms with Gasteiger partial charge >= 0.3 is 11.9 Å². The molecule has 29 heavy (non-hydrogen) atoms. The van der Waals surface area contributed by atoms with Gasteiger partial charge in [0.05, 0.1) is 19.3 Å². The minimum Gasteiger partial charge on any atom is -0.497 e. The van der Waals surface area contributed by atoms with Crippen molar-refractivity contribution in [2.45, 2.75) is 19.8 Å². The molecule has 0 bridgehead atoms. The third-order valence-corrected chi connectivity index (χ3v) is 4.29. The van der Waals surface area contributed by atoms with Gasteiger partial charge in [-0.2, -0.15) is 0 Å². The fraction of sp³-hybridized carbons (Fsp3) is 0.250. The zero-order valence-corrected chi connectivity index (χ0v) is 16.9. The first kappa shape index (κ1) is 22.0. The van der Waals surface area contributed by atoms with Gasteiger partial charge < -0.3 is 14.2 Å². The standard InChI is InChI=1S/C24H26O5/c1-5-18(7-6-14-28-23(25)17(2)3)8-9-19-15-22(24(26)29-16-19)20-10-12-21(27-4)13-11-20/h5,8-13,15H,1-2,6-7,14,16H2,3-4H3/b18-8+,19-9-. The van der Waals surface area contributed by atoms with Crippen molar-refractivity contribution in [1.29, 1.82) is 0 Å². The number of carbonyl (C=O) groups excluding carboxylic acids is 2. The zero-order valence-electron chi connectivity index (χ0n) is 16.9. The van der Waals surface area contributed by atoms with E-state index in [-0.39, 0.29) is 18.5 Å². The van der Waals surface area contributed by atoms with Gasteiger partial charge in [-0.25, -0.2) is 9.59 Å². The molecule has 0 radical (unpaired) electrons. The van der Waals surface area contributed by atoms with Gasteiger partial charge in [-0.1, -0.05) is 43.5 Å². The molecule has 0 amide bonds. The number of allylic oxidation sites excluding steroid dienone is 4. The molecule has 0 spiro atoms. The van der Waals surface area contributed by atoms with Crippen LogP contribution in [0.2, 0.25) is 0 Å². The molecule has 1 aliphatic rings. The quantitative estimate of drug-likeness (QED) is 0.266. The predicted octanol–water partition coefficient (Wildman–Crippen LogP) is 4.57. The molecule has 1 aromatic rings. The number of cyclic esters (lactones) is 1. The summed E-state index contributed by atoms with van der Waals surface area (Å²) in [6.07, 6.45) is 8.84. The van der Waals surface area contributed by atoms with Crippen molar-refractivity contribution in [3.05, 3.63) is 84.0 Å². The number of rotatable bonds is 9. The number of carbonyl (C=O) groups is 2. The van der Waals surface area contributed by atoms with Crippen molar-refractivity contribution in [2.24, 2.45) is 0 Å². The molecule has 0 atom stereocenters. The Bertz CT molecular complexity index is 869. The average molecular weight is 394 g/mol. The Labute approximate surface area is 171 Å². The maximum Gasteiger partial charge on any atom is 0.339 e. The molecule has 1 heterocycles. The number of benzene rings is 1. The molecule has 5 heteroatoms. The molecule has 0 saturated carbocycles. The molecule has 0 aromatic heterocycles. The summed E-state index contributed by atoms with van der Waals surface area (Å²) in [4.78, 5) is 23.5. The monoisotopic (exact) mass is 394 g/mol. The zero-order chi connectivity index (χ0) is 21.2. The van der Waals surface area contributed by atoms with Gasteiger partial charge in [-0.05, 0) is 54.7 Å². The van der Waals surface area contributed by atoms with Gasteiger partial charge in [0.25, 0.3) is 0 Å². The summed E-state index contributed by atoms with van der Waals surface area (Å²) in [6.45, 7) is 9.54. The molecule has 1 aliphatic heterocycles. The Kier molecular flexibility index (Phi) is 8.22. The summed E-state index contributed by atoms with van der Waals surface area (Å²) in [5, 5.41) is 0. The van der Waals surface area contributed by atoms with E-state index >= 15 is 0 Å². The average Bonchev–Trinajstić information content (AvgIpc) is 2.74. The van der Waals surface area contributed by atoms with Crippen LogP contribution < -0.4 is 4.74 Å². The van der Waals surface area contributed by atoms with Crippen LogP contribution in [0.3, 0.4) is 0 Å². The maximum absolute atomic E-state index is 12.1. The third-order valence-electron chi connectivity index (χ3n) is 4.29. The lowest BCUT2D eigenvalue weighted by Gasteiger charge is -2.15. The predicted molar refractivity (Wildman–Crippen MR) is 113 cm³/mol. The van der Waals surface area contributed by atoms with E-state index in [9.17, 15) is 9.59 Å². The fourth-order valence-corrected chi connectivity index (χ4v) is 2.61. The molecule has 0 saturated heterocycles. The van der Waals surface area contributed by atoms with Crippen LogP contribution in [0.15, 0.2) is 78.4 Å². The highest BCUT2D eigenvalue weighted by atomic mass is 16.5. The summed E-state index contributed by atoms with van der Waals surface area (Å²) in [7, 11) is 1.60. The second kappa shape index (κ2) is 10.9. The van der Waals surface area contributed by atoms with Crippen LogP contribution in [0.25, 0.3) is 5.57 Å². The molecule has 0 N–H and O–H groups in total. The molecular formula is C24H26O5. The van der Waals surface area contributed by atoms with Crippen molar-refractivity contribution < 1.29 is 23.8 Å². The number of hydrogen-bond acceptors (Lipinski definition) is 5. The Balaban J connectivity index is 2.05. The first-order valence-electron chi connectivity index (χ1n) is 9.32. The van der Waals surface area contributed by atoms with Crippen LogP contribution in [0.4, 0.5) is 0 Å². The summed E-state index contributed by atoms with van der Waals surface area (Å²) >= 11 is 0. The molecule has 152 valence electrons. The molecule has 1 aromatic carbocycles. The molecule has 2 rings (SSSR count). The Hall–Kier alpha value is -3.34. The summed E-state index contributed by atoms with van der Waals surface area (Å²) < 4.78 is 15.5. The van der Waals surface area contributed by atoms with Crippen LogP contribution in [0.1, 0.15) is 25.3 Å². The van der Waals surface area contributed by atoms with E-state index in [0.29, 0.717) is 30.6 Å². The fourth-order valence-electron chi connectivity index (χ4n) is 2.61. The van der Waals surface area contributed by atoms with E-state index < -0.39 is 0 Å². The van der Waals surface area contributed by atoms with Gasteiger partial charge in [-0.15, -0.1) is 0 Å². The van der Waals surface area contributed by atoms with E-state index in [1.165, 1.54) is 0 Å². The number of ether oxygens (including phenoxy) is 3. The first-order chi connectivity index (χ1) is 13.9. The van der Waals surface area contributed by atoms with Crippen molar-refractivity contribution in [1.82, 2.24) is 0 Å². The van der Waals surface area contributed by atoms with Crippen LogP contribution in [-0.4, -0.2) is 32.3 Å². The SMILES string of the molecule is C=C/C(=C\C=C1\C=C(c2ccc(OC)cc2)C(=O)OC1)CCCOC(=O)C(=C)C. The van der Waals surface area contributed by atoms with E-state index in [4.69, 9.17) is 14.2 Å². The lowest BCUT2D eigenvalue weighted by atomic mass is 10.0. The molecular weight excluding hydrogens is 368 g/mol. The van der Waals surface area contributed by atoms with E-state index in [1.807, 2.05) is 30.4 Å². The van der Waals surface area contributed by atoms with Crippen molar-refractivity contribution in [2.75, 3.05) is 20.3 Å². The van der Waals surface area contributed by atoms with Crippen molar-refractivity contribution in [3.63, 3.8) is 0 Å². The van der Waals surface area contributed by atoms with Crippen molar-refractivity contribution >= 4 is 17.5 Å². The Morgan fingerprint density at radius 1 is 1.28 bits per heavy atom. The van der Waals surface area contributed by atoms with Crippen LogP contribution in [0.5, 0.6) is 5.75 Å². The van der Waals surface area contributed by atoms with Gasteiger partial charge in [0.2, 0.25) is 0 Å². The molecule has 0 aliphatic carbocycles. The highest BCUT2D eigenvalue weighted by Crippen LogP contribution is 2.25. The lowest BCUT2D eigenvalue weighted by molar-refractivity contribution is -0.139. The Morgan fingerprint density at radius 2 is 2.00 bits per heavy atom. The first-order valence-corrected chi connectivity index (χ1v) is 9.32. The second-order valence-electron chi connectivity index (χ2n) is 6.57. The summed E-state index contributed by atoms with van der Waals surface area (Å²) in [6, 6.07) is 7.26. The van der Waals surface area contributed by atoms with E-state index in [1.54, 1.807) is 32.2 Å². The lowest BCUT2D eigenvalue weighted by Crippen LogP contribution is -2.14. The number of methoxy groups -OCH3 is 1. The van der Waals surface area contributed by atoms with Crippen LogP contribution >= 0.6 is 0 Å². The van der Waals surface area contributed by atoms with Gasteiger partial charge in [0, 0.05) is 5.57 Å². The summed E-state index contributed by atoms with van der Waals surface area (Å²) in [5.74, 6) is -0.00202. The normalized spacial score (nSPS) is 15.4. The number of hydrogen-bond donors (Lipinski definition) is 0. The number of esters is 2. The Morgan fingerprint density at radius 3 is 2.62 bits per heavy atom. The van der Waals surface area contributed by atoms with E-state index in [0.717, 1.165) is 22.5 Å². The van der Waals surface area contributed by atoms with E-state index in [2.05, 4.69) is 13.2 Å². The maximum atomic E-state index is 12.1. The summed E-state index contributed by atoms with van der Waals surface area (Å²) in [5.41, 5.74) is 3.54. The van der Waals surface area contributed by atoms with Crippen LogP contribution in [-0.2, 0) is 19.1 Å². The van der Waals surface area contributed by atoms with Crippen LogP contribution in [0, 0.1) is 0 Å². The molecule has 0 unspecified atom stereocenters. The third kappa shape index (κ3) is 6.64. The second-order valence-corrected chi connectivity index (χ2v) is 6.57. The highest BCUT2D eigenvalue weighted by Gasteiger charge is 2.19.